The lowest BCUT2D eigenvalue weighted by molar-refractivity contribution is 0.381. The molecule has 0 aliphatic carbocycles. The molecule has 0 amide bonds. The Balaban J connectivity index is 0.00000312. The van der Waals surface area contributed by atoms with Gasteiger partial charge in [0.25, 0.3) is 0 Å². The van der Waals surface area contributed by atoms with Gasteiger partial charge in [-0.25, -0.2) is 9.98 Å². The van der Waals surface area contributed by atoms with Crippen LogP contribution in [0.1, 0.15) is 66.0 Å². The highest BCUT2D eigenvalue weighted by molar-refractivity contribution is 14.0. The summed E-state index contributed by atoms with van der Waals surface area (Å²) in [6.45, 7) is 16.7. The Morgan fingerprint density at radius 2 is 2.16 bits per heavy atom. The van der Waals surface area contributed by atoms with E-state index < -0.39 is 0 Å². The summed E-state index contributed by atoms with van der Waals surface area (Å²) in [5.74, 6) is 4.13. The summed E-state index contributed by atoms with van der Waals surface area (Å²) in [7, 11) is 0. The Bertz CT molecular complexity index is 548. The Morgan fingerprint density at radius 1 is 1.44 bits per heavy atom. The van der Waals surface area contributed by atoms with Crippen molar-refractivity contribution in [2.45, 2.75) is 66.3 Å². The van der Waals surface area contributed by atoms with Gasteiger partial charge in [-0.05, 0) is 31.6 Å². The highest BCUT2D eigenvalue weighted by Gasteiger charge is 2.25. The molecule has 0 bridgehead atoms. The average Bonchev–Trinajstić information content (AvgIpc) is 3.11. The molecule has 1 aromatic heterocycles. The molecule has 1 saturated heterocycles. The lowest BCUT2D eigenvalue weighted by Crippen LogP contribution is -2.40. The van der Waals surface area contributed by atoms with Gasteiger partial charge in [0.05, 0.1) is 6.20 Å². The van der Waals surface area contributed by atoms with Gasteiger partial charge in [0.15, 0.2) is 5.96 Å². The van der Waals surface area contributed by atoms with E-state index in [1.165, 1.54) is 12.8 Å². The SMILES string of the molecule is CCNC(=NCc1ncc(C(C)(C)C)o1)N1CCC(CC(C)C)C1.I. The van der Waals surface area contributed by atoms with Gasteiger partial charge in [0, 0.05) is 25.0 Å². The van der Waals surface area contributed by atoms with Gasteiger partial charge in [0.2, 0.25) is 5.89 Å². The number of aromatic nitrogens is 1. The molecule has 1 N–H and O–H groups in total. The highest BCUT2D eigenvalue weighted by Crippen LogP contribution is 2.24. The molecule has 0 aromatic carbocycles. The highest BCUT2D eigenvalue weighted by atomic mass is 127. The first-order chi connectivity index (χ1) is 11.3. The number of hydrogen-bond acceptors (Lipinski definition) is 3. The van der Waals surface area contributed by atoms with Gasteiger partial charge < -0.3 is 14.6 Å². The Kier molecular flexibility index (Phi) is 8.71. The molecule has 2 heterocycles. The third-order valence-electron chi connectivity index (χ3n) is 4.38. The molecule has 1 aromatic rings. The number of halogens is 1. The molecule has 0 spiro atoms. The van der Waals surface area contributed by atoms with Gasteiger partial charge in [-0.15, -0.1) is 24.0 Å². The first kappa shape index (κ1) is 22.3. The van der Waals surface area contributed by atoms with Gasteiger partial charge in [0.1, 0.15) is 12.3 Å². The monoisotopic (exact) mass is 462 g/mol. The van der Waals surface area contributed by atoms with E-state index in [1.54, 1.807) is 0 Å². The maximum absolute atomic E-state index is 5.85. The third-order valence-corrected chi connectivity index (χ3v) is 4.38. The maximum atomic E-state index is 5.85. The third kappa shape index (κ3) is 6.79. The maximum Gasteiger partial charge on any atom is 0.216 e. The van der Waals surface area contributed by atoms with Crippen LogP contribution in [0.3, 0.4) is 0 Å². The standard InChI is InChI=1S/C19H34N4O.HI/c1-7-20-18(23-9-8-15(13-23)10-14(2)3)22-12-17-21-11-16(24-17)19(4,5)6;/h11,14-15H,7-10,12-13H2,1-6H3,(H,20,22);1H. The fourth-order valence-electron chi connectivity index (χ4n) is 3.18. The zero-order valence-corrected chi connectivity index (χ0v) is 19.0. The van der Waals surface area contributed by atoms with Crippen molar-refractivity contribution in [1.82, 2.24) is 15.2 Å². The van der Waals surface area contributed by atoms with E-state index in [4.69, 9.17) is 9.41 Å². The first-order valence-corrected chi connectivity index (χ1v) is 9.28. The van der Waals surface area contributed by atoms with E-state index in [-0.39, 0.29) is 29.4 Å². The summed E-state index contributed by atoms with van der Waals surface area (Å²) >= 11 is 0. The Hall–Kier alpha value is -0.790. The molecule has 1 unspecified atom stereocenters. The molecule has 1 atom stereocenters. The lowest BCUT2D eigenvalue weighted by Gasteiger charge is -2.22. The van der Waals surface area contributed by atoms with Gasteiger partial charge >= 0.3 is 0 Å². The second-order valence-electron chi connectivity index (χ2n) is 8.27. The quantitative estimate of drug-likeness (QED) is 0.400. The molecule has 1 fully saturated rings. The van der Waals surface area contributed by atoms with Crippen LogP contribution in [-0.4, -0.2) is 35.5 Å². The number of likely N-dealkylation sites (tertiary alicyclic amines) is 1. The van der Waals surface area contributed by atoms with E-state index in [9.17, 15) is 0 Å². The van der Waals surface area contributed by atoms with Gasteiger partial charge in [-0.1, -0.05) is 34.6 Å². The van der Waals surface area contributed by atoms with Crippen molar-refractivity contribution in [3.05, 3.63) is 17.8 Å². The van der Waals surface area contributed by atoms with Crippen LogP contribution in [0.2, 0.25) is 0 Å². The summed E-state index contributed by atoms with van der Waals surface area (Å²) in [5.41, 5.74) is -0.0154. The number of nitrogens with one attached hydrogen (secondary N) is 1. The number of aliphatic imine (C=N–C) groups is 1. The van der Waals surface area contributed by atoms with Crippen molar-refractivity contribution in [1.29, 1.82) is 0 Å². The van der Waals surface area contributed by atoms with Crippen LogP contribution in [0.25, 0.3) is 0 Å². The van der Waals surface area contributed by atoms with Gasteiger partial charge in [-0.3, -0.25) is 0 Å². The number of guanidine groups is 1. The molecular formula is C19H35IN4O. The van der Waals surface area contributed by atoms with Crippen LogP contribution in [0.4, 0.5) is 0 Å². The van der Waals surface area contributed by atoms with E-state index in [0.717, 1.165) is 43.2 Å². The molecule has 1 aliphatic rings. The second-order valence-corrected chi connectivity index (χ2v) is 8.27. The van der Waals surface area contributed by atoms with E-state index in [2.05, 4.69) is 56.7 Å². The molecule has 1 aliphatic heterocycles. The smallest absolute Gasteiger partial charge is 0.216 e. The van der Waals surface area contributed by atoms with Crippen molar-refractivity contribution in [3.8, 4) is 0 Å². The van der Waals surface area contributed by atoms with Crippen LogP contribution >= 0.6 is 24.0 Å². The van der Waals surface area contributed by atoms with Crippen LogP contribution in [0, 0.1) is 11.8 Å². The number of hydrogen-bond donors (Lipinski definition) is 1. The molecule has 6 heteroatoms. The summed E-state index contributed by atoms with van der Waals surface area (Å²) in [6.07, 6.45) is 4.38. The minimum absolute atomic E-state index is 0. The minimum Gasteiger partial charge on any atom is -0.443 e. The zero-order valence-electron chi connectivity index (χ0n) is 16.6. The average molecular weight is 462 g/mol. The Labute approximate surface area is 170 Å². The summed E-state index contributed by atoms with van der Waals surface area (Å²) in [4.78, 5) is 11.5. The Morgan fingerprint density at radius 3 is 2.72 bits per heavy atom. The second kappa shape index (κ2) is 9.78. The van der Waals surface area contributed by atoms with Gasteiger partial charge in [-0.2, -0.15) is 0 Å². The van der Waals surface area contributed by atoms with Crippen LogP contribution in [0.5, 0.6) is 0 Å². The summed E-state index contributed by atoms with van der Waals surface area (Å²) in [5, 5.41) is 3.41. The molecule has 0 radical (unpaired) electrons. The number of nitrogens with zero attached hydrogens (tertiary/aromatic N) is 3. The predicted octanol–water partition coefficient (Wildman–Crippen LogP) is 4.42. The number of rotatable bonds is 5. The van der Waals surface area contributed by atoms with Crippen molar-refractivity contribution in [2.75, 3.05) is 19.6 Å². The molecule has 5 nitrogen and oxygen atoms in total. The van der Waals surface area contributed by atoms with Crippen molar-refractivity contribution in [2.24, 2.45) is 16.8 Å². The fourth-order valence-corrected chi connectivity index (χ4v) is 3.18. The van der Waals surface area contributed by atoms with Crippen molar-refractivity contribution < 1.29 is 4.42 Å². The predicted molar refractivity (Wildman–Crippen MR) is 115 cm³/mol. The molecule has 144 valence electrons. The minimum atomic E-state index is -0.0154. The molecule has 25 heavy (non-hydrogen) atoms. The van der Waals surface area contributed by atoms with Crippen LogP contribution in [-0.2, 0) is 12.0 Å². The fraction of sp³-hybridized carbons (Fsp3) is 0.789. The number of oxazole rings is 1. The van der Waals surface area contributed by atoms with E-state index in [1.807, 2.05) is 6.20 Å². The van der Waals surface area contributed by atoms with Crippen molar-refractivity contribution in [3.63, 3.8) is 0 Å². The zero-order chi connectivity index (χ0) is 17.7. The summed E-state index contributed by atoms with van der Waals surface area (Å²) < 4.78 is 5.85. The lowest BCUT2D eigenvalue weighted by atomic mass is 9.94. The van der Waals surface area contributed by atoms with Crippen LogP contribution < -0.4 is 5.32 Å². The van der Waals surface area contributed by atoms with E-state index in [0.29, 0.717) is 12.4 Å². The summed E-state index contributed by atoms with van der Waals surface area (Å²) in [6, 6.07) is 0. The molecular weight excluding hydrogens is 427 g/mol. The normalized spacial score (nSPS) is 18.6. The van der Waals surface area contributed by atoms with E-state index >= 15 is 0 Å². The molecule has 0 saturated carbocycles. The van der Waals surface area contributed by atoms with Crippen molar-refractivity contribution >= 4 is 29.9 Å². The topological polar surface area (TPSA) is 53.7 Å². The van der Waals surface area contributed by atoms with Crippen LogP contribution in [0.15, 0.2) is 15.6 Å². The first-order valence-electron chi connectivity index (χ1n) is 9.28. The largest absolute Gasteiger partial charge is 0.443 e. The molecule has 2 rings (SSSR count).